The van der Waals surface area contributed by atoms with Crippen LogP contribution in [0.1, 0.15) is 11.1 Å². The number of nitrogens with one attached hydrogen (secondary N) is 2. The number of nitrogen functional groups attached to an aromatic ring is 1. The minimum absolute atomic E-state index is 0.110. The quantitative estimate of drug-likeness (QED) is 0.338. The Labute approximate surface area is 197 Å². The largest absolute Gasteiger partial charge is 0.399 e. The third-order valence-electron chi connectivity index (χ3n) is 5.24. The molecule has 4 rings (SSSR count). The molecular weight excluding hydrogens is 452 g/mol. The highest BCUT2D eigenvalue weighted by Gasteiger charge is 2.18. The Balaban J connectivity index is 1.59. The Hall–Kier alpha value is -4.11. The number of anilines is 2. The first-order chi connectivity index (χ1) is 16.3. The van der Waals surface area contributed by atoms with E-state index in [0.717, 1.165) is 5.56 Å². The second kappa shape index (κ2) is 9.80. The number of rotatable bonds is 8. The number of benzene rings is 3. The highest BCUT2D eigenvalue weighted by Crippen LogP contribution is 2.18. The Morgan fingerprint density at radius 2 is 1.56 bits per heavy atom. The van der Waals surface area contributed by atoms with E-state index in [1.165, 1.54) is 10.6 Å². The van der Waals surface area contributed by atoms with E-state index in [1.807, 2.05) is 0 Å². The third-order valence-corrected chi connectivity index (χ3v) is 6.48. The van der Waals surface area contributed by atoms with Crippen molar-refractivity contribution in [2.45, 2.75) is 18.8 Å². The Bertz CT molecular complexity index is 1480. The molecule has 4 aromatic rings. The number of carbonyl (C=O) groups is 1. The van der Waals surface area contributed by atoms with Gasteiger partial charge in [0.05, 0.1) is 11.3 Å². The molecule has 0 bridgehead atoms. The van der Waals surface area contributed by atoms with Gasteiger partial charge in [-0.25, -0.2) is 8.42 Å². The molecule has 34 heavy (non-hydrogen) atoms. The molecule has 1 aromatic heterocycles. The fourth-order valence-electron chi connectivity index (χ4n) is 3.59. The van der Waals surface area contributed by atoms with Crippen molar-refractivity contribution in [2.75, 3.05) is 10.5 Å². The van der Waals surface area contributed by atoms with Crippen molar-refractivity contribution in [3.8, 4) is 0 Å². The van der Waals surface area contributed by atoms with Crippen LogP contribution in [-0.2, 0) is 33.7 Å². The lowest BCUT2D eigenvalue weighted by molar-refractivity contribution is -0.121. The molecule has 1 amide bonds. The average Bonchev–Trinajstić information content (AvgIpc) is 2.81. The summed E-state index contributed by atoms with van der Waals surface area (Å²) in [4.78, 5) is 25.9. The molecule has 8 nitrogen and oxygen atoms in total. The molecule has 1 heterocycles. The van der Waals surface area contributed by atoms with Gasteiger partial charge in [0.2, 0.25) is 15.9 Å². The summed E-state index contributed by atoms with van der Waals surface area (Å²) in [6.07, 6.45) is 0. The van der Waals surface area contributed by atoms with E-state index < -0.39 is 15.6 Å². The number of pyridine rings is 1. The molecule has 174 valence electrons. The van der Waals surface area contributed by atoms with E-state index >= 15 is 0 Å². The minimum Gasteiger partial charge on any atom is -0.399 e. The summed E-state index contributed by atoms with van der Waals surface area (Å²) in [6, 6.07) is 24.3. The van der Waals surface area contributed by atoms with Gasteiger partial charge >= 0.3 is 0 Å². The van der Waals surface area contributed by atoms with Crippen molar-refractivity contribution in [2.24, 2.45) is 0 Å². The number of fused-ring (bicyclic) bond motifs is 1. The first-order valence-electron chi connectivity index (χ1n) is 10.6. The zero-order chi connectivity index (χ0) is 24.1. The molecule has 0 saturated carbocycles. The van der Waals surface area contributed by atoms with Crippen LogP contribution in [0, 0.1) is 0 Å². The number of sulfonamides is 1. The zero-order valence-electron chi connectivity index (χ0n) is 18.3. The second-order valence-corrected chi connectivity index (χ2v) is 9.60. The summed E-state index contributed by atoms with van der Waals surface area (Å²) < 4.78 is 29.1. The monoisotopic (exact) mass is 476 g/mol. The van der Waals surface area contributed by atoms with Gasteiger partial charge < -0.3 is 11.1 Å². The van der Waals surface area contributed by atoms with E-state index in [-0.39, 0.29) is 30.4 Å². The van der Waals surface area contributed by atoms with Crippen LogP contribution in [0.15, 0.2) is 89.7 Å². The lowest BCUT2D eigenvalue weighted by Crippen LogP contribution is -2.33. The normalized spacial score (nSPS) is 11.3. The maximum absolute atomic E-state index is 13.2. The van der Waals surface area contributed by atoms with Crippen LogP contribution in [0.2, 0.25) is 0 Å². The molecule has 0 aliphatic carbocycles. The van der Waals surface area contributed by atoms with Gasteiger partial charge in [-0.05, 0) is 35.4 Å². The van der Waals surface area contributed by atoms with E-state index in [1.54, 1.807) is 78.9 Å². The number of hydrogen-bond acceptors (Lipinski definition) is 5. The van der Waals surface area contributed by atoms with Gasteiger partial charge in [0.25, 0.3) is 5.56 Å². The van der Waals surface area contributed by atoms with Crippen LogP contribution in [0.25, 0.3) is 10.9 Å². The van der Waals surface area contributed by atoms with Gasteiger partial charge in [-0.15, -0.1) is 0 Å². The van der Waals surface area contributed by atoms with Gasteiger partial charge in [-0.3, -0.25) is 18.9 Å². The van der Waals surface area contributed by atoms with Gasteiger partial charge in [0.1, 0.15) is 12.2 Å². The van der Waals surface area contributed by atoms with Crippen LogP contribution < -0.4 is 21.3 Å². The van der Waals surface area contributed by atoms with E-state index in [2.05, 4.69) is 10.0 Å². The highest BCUT2D eigenvalue weighted by atomic mass is 32.2. The summed E-state index contributed by atoms with van der Waals surface area (Å²) in [6.45, 7) is 0.0117. The van der Waals surface area contributed by atoms with Gasteiger partial charge in [-0.1, -0.05) is 60.7 Å². The summed E-state index contributed by atoms with van der Waals surface area (Å²) in [5.41, 5.74) is 7.58. The fourth-order valence-corrected chi connectivity index (χ4v) is 4.78. The molecule has 0 saturated heterocycles. The topological polar surface area (TPSA) is 123 Å². The second-order valence-electron chi connectivity index (χ2n) is 7.87. The van der Waals surface area contributed by atoms with Crippen LogP contribution in [0.5, 0.6) is 0 Å². The molecule has 0 unspecified atom stereocenters. The molecular formula is C25H24N4O4S. The Morgan fingerprint density at radius 3 is 2.29 bits per heavy atom. The maximum atomic E-state index is 13.2. The molecule has 0 radical (unpaired) electrons. The van der Waals surface area contributed by atoms with Gasteiger partial charge in [0, 0.05) is 17.6 Å². The Kier molecular flexibility index (Phi) is 6.65. The molecule has 9 heteroatoms. The van der Waals surface area contributed by atoms with Crippen molar-refractivity contribution in [1.29, 1.82) is 0 Å². The smallest absolute Gasteiger partial charge is 0.275 e. The lowest BCUT2D eigenvalue weighted by Gasteiger charge is -2.14. The number of amides is 1. The number of para-hydroxylation sites is 1. The molecule has 0 aliphatic rings. The van der Waals surface area contributed by atoms with Gasteiger partial charge in [0.15, 0.2) is 0 Å². The van der Waals surface area contributed by atoms with Crippen molar-refractivity contribution in [3.05, 3.63) is 106 Å². The van der Waals surface area contributed by atoms with Crippen LogP contribution >= 0.6 is 0 Å². The predicted octanol–water partition coefficient (Wildman–Crippen LogP) is 2.84. The van der Waals surface area contributed by atoms with Crippen LogP contribution in [0.3, 0.4) is 0 Å². The SMILES string of the molecule is Nc1ccc(CNC(=O)Cn2c(=O)c(NS(=O)(=O)Cc3ccccc3)cc3ccccc32)cc1. The third kappa shape index (κ3) is 5.62. The van der Waals surface area contributed by atoms with Crippen LogP contribution in [0.4, 0.5) is 11.4 Å². The first kappa shape index (κ1) is 23.1. The fraction of sp³-hybridized carbons (Fsp3) is 0.120. The standard InChI is InChI=1S/C25H24N4O4S/c26-21-12-10-18(11-13-21)15-27-24(30)16-29-23-9-5-4-8-20(23)14-22(25(29)31)28-34(32,33)17-19-6-2-1-3-7-19/h1-14,28H,15-17,26H2,(H,27,30). The van der Waals surface area contributed by atoms with Crippen molar-refractivity contribution < 1.29 is 13.2 Å². The number of nitrogens with zero attached hydrogens (tertiary/aromatic N) is 1. The van der Waals surface area contributed by atoms with E-state index in [9.17, 15) is 18.0 Å². The van der Waals surface area contributed by atoms with Gasteiger partial charge in [-0.2, -0.15) is 0 Å². The van der Waals surface area contributed by atoms with Crippen LogP contribution in [-0.4, -0.2) is 18.9 Å². The highest BCUT2D eigenvalue weighted by molar-refractivity contribution is 7.91. The van der Waals surface area contributed by atoms with E-state index in [4.69, 9.17) is 5.73 Å². The molecule has 4 N–H and O–H groups in total. The van der Waals surface area contributed by atoms with E-state index in [0.29, 0.717) is 22.2 Å². The molecule has 0 fully saturated rings. The van der Waals surface area contributed by atoms with Crippen molar-refractivity contribution in [1.82, 2.24) is 9.88 Å². The summed E-state index contributed by atoms with van der Waals surface area (Å²) in [5.74, 6) is -0.657. The lowest BCUT2D eigenvalue weighted by atomic mass is 10.2. The summed E-state index contributed by atoms with van der Waals surface area (Å²) in [7, 11) is -3.85. The molecule has 0 atom stereocenters. The number of carbonyl (C=O) groups excluding carboxylic acids is 1. The van der Waals surface area contributed by atoms with Crippen molar-refractivity contribution in [3.63, 3.8) is 0 Å². The number of hydrogen-bond donors (Lipinski definition) is 3. The average molecular weight is 477 g/mol. The van der Waals surface area contributed by atoms with Crippen molar-refractivity contribution >= 4 is 38.2 Å². The predicted molar refractivity (Wildman–Crippen MR) is 134 cm³/mol. The summed E-state index contributed by atoms with van der Waals surface area (Å²) >= 11 is 0. The maximum Gasteiger partial charge on any atom is 0.275 e. The summed E-state index contributed by atoms with van der Waals surface area (Å²) in [5, 5.41) is 3.41. The number of nitrogens with two attached hydrogens (primary N) is 1. The minimum atomic E-state index is -3.85. The Morgan fingerprint density at radius 1 is 0.882 bits per heavy atom. The number of aromatic nitrogens is 1. The molecule has 3 aromatic carbocycles. The molecule has 0 aliphatic heterocycles. The zero-order valence-corrected chi connectivity index (χ0v) is 19.1. The molecule has 0 spiro atoms. The first-order valence-corrected chi connectivity index (χ1v) is 12.2.